The third-order valence-electron chi connectivity index (χ3n) is 3.31. The average Bonchev–Trinajstić information content (AvgIpc) is 2.88. The van der Waals surface area contributed by atoms with Crippen LogP contribution in [-0.2, 0) is 9.53 Å². The lowest BCUT2D eigenvalue weighted by Crippen LogP contribution is -2.29. The molecule has 6 heteroatoms. The molecule has 0 aliphatic heterocycles. The number of esters is 1. The fourth-order valence-corrected chi connectivity index (χ4v) is 2.16. The lowest BCUT2D eigenvalue weighted by molar-refractivity contribution is -0.124. The van der Waals surface area contributed by atoms with Gasteiger partial charge in [0.1, 0.15) is 11.3 Å². The van der Waals surface area contributed by atoms with Gasteiger partial charge in [0.15, 0.2) is 6.61 Å². The van der Waals surface area contributed by atoms with Crippen molar-refractivity contribution in [3.8, 4) is 5.75 Å². The van der Waals surface area contributed by atoms with Crippen LogP contribution in [0.25, 0.3) is 11.0 Å². The van der Waals surface area contributed by atoms with E-state index in [1.54, 1.807) is 19.1 Å². The van der Waals surface area contributed by atoms with Crippen molar-refractivity contribution in [2.75, 3.05) is 19.8 Å². The zero-order valence-corrected chi connectivity index (χ0v) is 13.6. The Labute approximate surface area is 134 Å². The standard InChI is InChI=1S/C17H21NO5/c1-4-8-18-15(19)10-22-17(20)16-11(3)13-9-12(21-5-2)6-7-14(13)23-16/h6-7,9H,4-5,8,10H2,1-3H3,(H,18,19). The van der Waals surface area contributed by atoms with Gasteiger partial charge in [-0.15, -0.1) is 0 Å². The number of hydrogen-bond donors (Lipinski definition) is 1. The first kappa shape index (κ1) is 16.9. The van der Waals surface area contributed by atoms with Gasteiger partial charge in [0.25, 0.3) is 5.91 Å². The molecule has 1 N–H and O–H groups in total. The summed E-state index contributed by atoms with van der Waals surface area (Å²) in [7, 11) is 0. The number of carbonyl (C=O) groups excluding carboxylic acids is 2. The van der Waals surface area contributed by atoms with Gasteiger partial charge in [-0.2, -0.15) is 0 Å². The van der Waals surface area contributed by atoms with E-state index in [2.05, 4.69) is 5.32 Å². The van der Waals surface area contributed by atoms with Crippen molar-refractivity contribution in [3.05, 3.63) is 29.5 Å². The van der Waals surface area contributed by atoms with Gasteiger partial charge in [-0.05, 0) is 38.5 Å². The summed E-state index contributed by atoms with van der Waals surface area (Å²) < 4.78 is 16.0. The highest BCUT2D eigenvalue weighted by Gasteiger charge is 2.20. The molecule has 2 rings (SSSR count). The minimum Gasteiger partial charge on any atom is -0.494 e. The summed E-state index contributed by atoms with van der Waals surface area (Å²) in [6, 6.07) is 5.35. The molecule has 0 aliphatic rings. The molecular formula is C17H21NO5. The van der Waals surface area contributed by atoms with Crippen molar-refractivity contribution in [2.45, 2.75) is 27.2 Å². The predicted molar refractivity (Wildman–Crippen MR) is 85.7 cm³/mol. The van der Waals surface area contributed by atoms with Gasteiger partial charge in [-0.3, -0.25) is 4.79 Å². The Hall–Kier alpha value is -2.50. The van der Waals surface area contributed by atoms with Gasteiger partial charge in [0.05, 0.1) is 6.61 Å². The SMILES string of the molecule is CCCNC(=O)COC(=O)c1oc2ccc(OCC)cc2c1C. The van der Waals surface area contributed by atoms with E-state index in [0.717, 1.165) is 11.8 Å². The van der Waals surface area contributed by atoms with Gasteiger partial charge < -0.3 is 19.2 Å². The minimum atomic E-state index is -0.650. The third-order valence-corrected chi connectivity index (χ3v) is 3.31. The highest BCUT2D eigenvalue weighted by atomic mass is 16.5. The number of amides is 1. The lowest BCUT2D eigenvalue weighted by Gasteiger charge is -2.04. The maximum Gasteiger partial charge on any atom is 0.375 e. The van der Waals surface area contributed by atoms with Crippen molar-refractivity contribution in [3.63, 3.8) is 0 Å². The lowest BCUT2D eigenvalue weighted by atomic mass is 10.1. The highest BCUT2D eigenvalue weighted by Crippen LogP contribution is 2.29. The quantitative estimate of drug-likeness (QED) is 0.794. The molecule has 1 aromatic heterocycles. The summed E-state index contributed by atoms with van der Waals surface area (Å²) in [5, 5.41) is 3.43. The Kier molecular flexibility index (Phi) is 5.62. The second kappa shape index (κ2) is 7.67. The van der Waals surface area contributed by atoms with Crippen LogP contribution in [-0.4, -0.2) is 31.6 Å². The Morgan fingerprint density at radius 1 is 1.26 bits per heavy atom. The molecule has 0 unspecified atom stereocenters. The van der Waals surface area contributed by atoms with Crippen LogP contribution in [0.1, 0.15) is 36.4 Å². The molecule has 0 bridgehead atoms. The molecule has 0 fully saturated rings. The first-order valence-electron chi connectivity index (χ1n) is 7.66. The number of furan rings is 1. The van der Waals surface area contributed by atoms with E-state index in [4.69, 9.17) is 13.9 Å². The number of benzene rings is 1. The van der Waals surface area contributed by atoms with E-state index in [9.17, 15) is 9.59 Å². The number of aryl methyl sites for hydroxylation is 1. The fourth-order valence-electron chi connectivity index (χ4n) is 2.16. The number of ether oxygens (including phenoxy) is 2. The number of rotatable bonds is 7. The summed E-state index contributed by atoms with van der Waals surface area (Å²) >= 11 is 0. The van der Waals surface area contributed by atoms with E-state index in [1.165, 1.54) is 0 Å². The van der Waals surface area contributed by atoms with E-state index in [0.29, 0.717) is 30.0 Å². The minimum absolute atomic E-state index is 0.108. The van der Waals surface area contributed by atoms with Crippen molar-refractivity contribution in [1.82, 2.24) is 5.32 Å². The highest BCUT2D eigenvalue weighted by molar-refractivity contribution is 5.97. The maximum atomic E-state index is 12.1. The molecule has 1 heterocycles. The molecule has 1 amide bonds. The number of fused-ring (bicyclic) bond motifs is 1. The van der Waals surface area contributed by atoms with Crippen molar-refractivity contribution in [1.29, 1.82) is 0 Å². The first-order valence-corrected chi connectivity index (χ1v) is 7.66. The van der Waals surface area contributed by atoms with Crippen molar-refractivity contribution >= 4 is 22.8 Å². The molecule has 1 aromatic carbocycles. The van der Waals surface area contributed by atoms with Gasteiger partial charge in [-0.25, -0.2) is 4.79 Å². The van der Waals surface area contributed by atoms with Crippen LogP contribution in [0.3, 0.4) is 0 Å². The van der Waals surface area contributed by atoms with Gasteiger partial charge in [-0.1, -0.05) is 6.92 Å². The summed E-state index contributed by atoms with van der Waals surface area (Å²) in [4.78, 5) is 23.6. The fraction of sp³-hybridized carbons (Fsp3) is 0.412. The van der Waals surface area contributed by atoms with E-state index < -0.39 is 5.97 Å². The van der Waals surface area contributed by atoms with Crippen LogP contribution in [0.4, 0.5) is 0 Å². The Balaban J connectivity index is 2.11. The molecular weight excluding hydrogens is 298 g/mol. The Morgan fingerprint density at radius 2 is 2.04 bits per heavy atom. The average molecular weight is 319 g/mol. The topological polar surface area (TPSA) is 77.8 Å². The molecule has 6 nitrogen and oxygen atoms in total. The Morgan fingerprint density at radius 3 is 2.74 bits per heavy atom. The molecule has 23 heavy (non-hydrogen) atoms. The number of hydrogen-bond acceptors (Lipinski definition) is 5. The first-order chi connectivity index (χ1) is 11.1. The molecule has 0 saturated heterocycles. The molecule has 0 aliphatic carbocycles. The molecule has 124 valence electrons. The largest absolute Gasteiger partial charge is 0.494 e. The number of carbonyl (C=O) groups is 2. The summed E-state index contributed by atoms with van der Waals surface area (Å²) in [6.45, 7) is 6.42. The molecule has 2 aromatic rings. The molecule has 0 spiro atoms. The van der Waals surface area contributed by atoms with Gasteiger partial charge in [0, 0.05) is 17.5 Å². The van der Waals surface area contributed by atoms with Crippen LogP contribution >= 0.6 is 0 Å². The van der Waals surface area contributed by atoms with Crippen molar-refractivity contribution < 1.29 is 23.5 Å². The molecule has 0 saturated carbocycles. The van der Waals surface area contributed by atoms with E-state index in [1.807, 2.05) is 19.9 Å². The van der Waals surface area contributed by atoms with Crippen LogP contribution in [0.15, 0.2) is 22.6 Å². The van der Waals surface area contributed by atoms with E-state index in [-0.39, 0.29) is 18.3 Å². The molecule has 0 radical (unpaired) electrons. The normalized spacial score (nSPS) is 10.6. The van der Waals surface area contributed by atoms with Crippen molar-refractivity contribution in [2.24, 2.45) is 0 Å². The summed E-state index contributed by atoms with van der Waals surface area (Å²) in [5.41, 5.74) is 1.24. The smallest absolute Gasteiger partial charge is 0.375 e. The monoisotopic (exact) mass is 319 g/mol. The molecule has 0 atom stereocenters. The summed E-state index contributed by atoms with van der Waals surface area (Å²) in [6.07, 6.45) is 0.824. The summed E-state index contributed by atoms with van der Waals surface area (Å²) in [5.74, 6) is -0.157. The zero-order chi connectivity index (χ0) is 16.8. The van der Waals surface area contributed by atoms with Gasteiger partial charge >= 0.3 is 5.97 Å². The second-order valence-electron chi connectivity index (χ2n) is 5.07. The zero-order valence-electron chi connectivity index (χ0n) is 13.6. The number of nitrogens with one attached hydrogen (secondary N) is 1. The van der Waals surface area contributed by atoms with Crippen LogP contribution in [0.5, 0.6) is 5.75 Å². The second-order valence-corrected chi connectivity index (χ2v) is 5.07. The Bertz CT molecular complexity index is 704. The van der Waals surface area contributed by atoms with Crippen LogP contribution in [0, 0.1) is 6.92 Å². The third kappa shape index (κ3) is 4.03. The predicted octanol–water partition coefficient (Wildman–Crippen LogP) is 2.82. The van der Waals surface area contributed by atoms with E-state index >= 15 is 0 Å². The van der Waals surface area contributed by atoms with Crippen LogP contribution < -0.4 is 10.1 Å². The van der Waals surface area contributed by atoms with Gasteiger partial charge in [0.2, 0.25) is 5.76 Å². The maximum absolute atomic E-state index is 12.1. The van der Waals surface area contributed by atoms with Crippen LogP contribution in [0.2, 0.25) is 0 Å².